The van der Waals surface area contributed by atoms with Crippen molar-refractivity contribution < 1.29 is 30.3 Å². The Hall–Kier alpha value is -1.18. The van der Waals surface area contributed by atoms with E-state index in [4.69, 9.17) is 9.84 Å². The van der Waals surface area contributed by atoms with Crippen molar-refractivity contribution in [2.75, 3.05) is 6.61 Å². The lowest BCUT2D eigenvalue weighted by Gasteiger charge is -2.40. The minimum absolute atomic E-state index is 0.177. The second-order valence-electron chi connectivity index (χ2n) is 5.10. The van der Waals surface area contributed by atoms with Crippen LogP contribution >= 0.6 is 0 Å². The molecule has 0 radical (unpaired) electrons. The summed E-state index contributed by atoms with van der Waals surface area (Å²) in [6.45, 7) is -0.458. The summed E-state index contributed by atoms with van der Waals surface area (Å²) in [5, 5.41) is 47.8. The normalized spacial score (nSPS) is 34.1. The number of hydrogen-bond donors (Lipinski definition) is 5. The second-order valence-corrected chi connectivity index (χ2v) is 5.10. The summed E-state index contributed by atoms with van der Waals surface area (Å²) in [6, 6.07) is 6.64. The van der Waals surface area contributed by atoms with Gasteiger partial charge in [0.15, 0.2) is 6.29 Å². The first kappa shape index (κ1) is 15.2. The van der Waals surface area contributed by atoms with Crippen molar-refractivity contribution in [3.8, 4) is 5.75 Å². The number of hydrogen-bond acceptors (Lipinski definition) is 6. The summed E-state index contributed by atoms with van der Waals surface area (Å²) in [7, 11) is 0. The quantitative estimate of drug-likeness (QED) is 0.503. The molecule has 1 aliphatic heterocycles. The van der Waals surface area contributed by atoms with E-state index in [0.29, 0.717) is 12.8 Å². The highest BCUT2D eigenvalue weighted by Crippen LogP contribution is 2.28. The van der Waals surface area contributed by atoms with Crippen molar-refractivity contribution in [2.45, 2.75) is 37.4 Å². The zero-order chi connectivity index (χ0) is 14.7. The van der Waals surface area contributed by atoms with Gasteiger partial charge in [-0.1, -0.05) is 12.1 Å². The molecule has 0 aliphatic carbocycles. The van der Waals surface area contributed by atoms with E-state index in [0.717, 1.165) is 5.56 Å². The average molecular weight is 284 g/mol. The van der Waals surface area contributed by atoms with Gasteiger partial charge >= 0.3 is 0 Å². The van der Waals surface area contributed by atoms with E-state index in [2.05, 4.69) is 0 Å². The molecule has 6 heteroatoms. The molecular formula is C14H20O6. The van der Waals surface area contributed by atoms with Crippen LogP contribution in [-0.4, -0.2) is 56.7 Å². The lowest BCUT2D eigenvalue weighted by molar-refractivity contribution is -0.270. The van der Waals surface area contributed by atoms with Gasteiger partial charge in [-0.25, -0.2) is 0 Å². The molecule has 1 heterocycles. The van der Waals surface area contributed by atoms with E-state index in [1.807, 2.05) is 0 Å². The van der Waals surface area contributed by atoms with E-state index in [1.54, 1.807) is 24.3 Å². The molecule has 0 amide bonds. The van der Waals surface area contributed by atoms with Gasteiger partial charge < -0.3 is 30.3 Å². The van der Waals surface area contributed by atoms with Crippen molar-refractivity contribution in [1.82, 2.24) is 0 Å². The third kappa shape index (κ3) is 3.28. The van der Waals surface area contributed by atoms with Gasteiger partial charge in [0.25, 0.3) is 0 Å². The smallest absolute Gasteiger partial charge is 0.160 e. The van der Waals surface area contributed by atoms with Gasteiger partial charge in [0.05, 0.1) is 12.7 Å². The van der Waals surface area contributed by atoms with Gasteiger partial charge in [0, 0.05) is 5.92 Å². The summed E-state index contributed by atoms with van der Waals surface area (Å²) >= 11 is 0. The molecule has 1 aromatic carbocycles. The highest BCUT2D eigenvalue weighted by atomic mass is 16.6. The fraction of sp³-hybridized carbons (Fsp3) is 0.571. The lowest BCUT2D eigenvalue weighted by Crippen LogP contribution is -2.55. The first-order valence-electron chi connectivity index (χ1n) is 6.61. The van der Waals surface area contributed by atoms with Crippen molar-refractivity contribution in [2.24, 2.45) is 5.92 Å². The Morgan fingerprint density at radius 2 is 1.65 bits per heavy atom. The van der Waals surface area contributed by atoms with Gasteiger partial charge in [0.2, 0.25) is 0 Å². The third-order valence-corrected chi connectivity index (χ3v) is 3.73. The molecule has 0 spiro atoms. The molecule has 0 saturated carbocycles. The van der Waals surface area contributed by atoms with Crippen LogP contribution in [0.4, 0.5) is 0 Å². The second kappa shape index (κ2) is 6.51. The minimum atomic E-state index is -1.22. The molecule has 112 valence electrons. The lowest BCUT2D eigenvalue weighted by atomic mass is 9.86. The molecule has 20 heavy (non-hydrogen) atoms. The Kier molecular flexibility index (Phi) is 4.95. The van der Waals surface area contributed by atoms with E-state index >= 15 is 0 Å². The van der Waals surface area contributed by atoms with Gasteiger partial charge in [0.1, 0.15) is 18.0 Å². The first-order chi connectivity index (χ1) is 9.52. The maximum Gasteiger partial charge on any atom is 0.160 e. The molecule has 1 unspecified atom stereocenters. The fourth-order valence-corrected chi connectivity index (χ4v) is 2.46. The van der Waals surface area contributed by atoms with Crippen LogP contribution in [0.5, 0.6) is 5.75 Å². The zero-order valence-corrected chi connectivity index (χ0v) is 11.0. The van der Waals surface area contributed by atoms with E-state index in [9.17, 15) is 20.4 Å². The van der Waals surface area contributed by atoms with Gasteiger partial charge in [-0.15, -0.1) is 0 Å². The molecule has 0 aromatic heterocycles. The SMILES string of the molecule is OC[C@H]1OC(O)[C@H](CCc2ccc(O)cc2)[C@@H](O)[C@H]1O. The summed E-state index contributed by atoms with van der Waals surface area (Å²) in [4.78, 5) is 0. The Bertz CT molecular complexity index is 420. The molecule has 1 saturated heterocycles. The fourth-order valence-electron chi connectivity index (χ4n) is 2.46. The molecule has 0 bridgehead atoms. The number of aromatic hydroxyl groups is 1. The molecular weight excluding hydrogens is 264 g/mol. The Morgan fingerprint density at radius 1 is 1.00 bits per heavy atom. The van der Waals surface area contributed by atoms with Crippen LogP contribution in [0.3, 0.4) is 0 Å². The first-order valence-corrected chi connectivity index (χ1v) is 6.61. The number of phenols is 1. The molecule has 6 nitrogen and oxygen atoms in total. The molecule has 1 aliphatic rings. The Balaban J connectivity index is 1.96. The van der Waals surface area contributed by atoms with Gasteiger partial charge in [-0.05, 0) is 30.5 Å². The van der Waals surface area contributed by atoms with Crippen molar-refractivity contribution in [1.29, 1.82) is 0 Å². The third-order valence-electron chi connectivity index (χ3n) is 3.73. The number of phenolic OH excluding ortho intramolecular Hbond substituents is 1. The highest BCUT2D eigenvalue weighted by Gasteiger charge is 2.42. The van der Waals surface area contributed by atoms with Crippen LogP contribution < -0.4 is 0 Å². The largest absolute Gasteiger partial charge is 0.508 e. The number of aliphatic hydroxyl groups is 4. The number of rotatable bonds is 4. The highest BCUT2D eigenvalue weighted by molar-refractivity contribution is 5.25. The predicted molar refractivity (Wildman–Crippen MR) is 69.9 cm³/mol. The molecule has 5 atom stereocenters. The minimum Gasteiger partial charge on any atom is -0.508 e. The maximum absolute atomic E-state index is 9.99. The van der Waals surface area contributed by atoms with Crippen LogP contribution in [0, 0.1) is 5.92 Å². The van der Waals surface area contributed by atoms with Crippen LogP contribution in [0.25, 0.3) is 0 Å². The van der Waals surface area contributed by atoms with E-state index in [1.165, 1.54) is 0 Å². The van der Waals surface area contributed by atoms with Gasteiger partial charge in [-0.3, -0.25) is 0 Å². The van der Waals surface area contributed by atoms with Crippen molar-refractivity contribution in [3.63, 3.8) is 0 Å². The Morgan fingerprint density at radius 3 is 2.25 bits per heavy atom. The molecule has 2 rings (SSSR count). The van der Waals surface area contributed by atoms with Crippen molar-refractivity contribution >= 4 is 0 Å². The van der Waals surface area contributed by atoms with E-state index < -0.39 is 37.1 Å². The summed E-state index contributed by atoms with van der Waals surface area (Å²) in [5.74, 6) is -0.447. The van der Waals surface area contributed by atoms with Gasteiger partial charge in [-0.2, -0.15) is 0 Å². The maximum atomic E-state index is 9.99. The predicted octanol–water partition coefficient (Wildman–Crippen LogP) is -0.628. The molecule has 1 aromatic rings. The number of aliphatic hydroxyl groups excluding tert-OH is 4. The van der Waals surface area contributed by atoms with E-state index in [-0.39, 0.29) is 5.75 Å². The monoisotopic (exact) mass is 284 g/mol. The number of ether oxygens (including phenoxy) is 1. The van der Waals surface area contributed by atoms with Crippen LogP contribution in [0.15, 0.2) is 24.3 Å². The molecule has 1 fully saturated rings. The summed E-state index contributed by atoms with van der Waals surface area (Å²) in [5.41, 5.74) is 0.945. The number of benzene rings is 1. The van der Waals surface area contributed by atoms with Crippen LogP contribution in [0.2, 0.25) is 0 Å². The topological polar surface area (TPSA) is 110 Å². The van der Waals surface area contributed by atoms with Crippen LogP contribution in [-0.2, 0) is 11.2 Å². The Labute approximate surface area is 116 Å². The standard InChI is InChI=1S/C14H20O6/c15-7-11-13(18)12(17)10(14(19)20-11)6-3-8-1-4-9(16)5-2-8/h1-2,4-5,10-19H,3,6-7H2/t10-,11-,12-,13+,14?/m1/s1. The molecule has 5 N–H and O–H groups in total. The zero-order valence-electron chi connectivity index (χ0n) is 11.0. The summed E-state index contributed by atoms with van der Waals surface area (Å²) in [6.07, 6.45) is -3.56. The summed E-state index contributed by atoms with van der Waals surface area (Å²) < 4.78 is 5.09. The number of aryl methyl sites for hydroxylation is 1. The average Bonchev–Trinajstić information content (AvgIpc) is 2.44. The van der Waals surface area contributed by atoms with Crippen molar-refractivity contribution in [3.05, 3.63) is 29.8 Å². The van der Waals surface area contributed by atoms with Crippen LogP contribution in [0.1, 0.15) is 12.0 Å².